The first-order valence-electron chi connectivity index (χ1n) is 7.32. The van der Waals surface area contributed by atoms with Crippen molar-refractivity contribution in [1.82, 2.24) is 5.32 Å². The van der Waals surface area contributed by atoms with Gasteiger partial charge in [0.05, 0.1) is 11.6 Å². The summed E-state index contributed by atoms with van der Waals surface area (Å²) in [7, 11) is 0. The molecule has 2 N–H and O–H groups in total. The number of rotatable bonds is 5. The summed E-state index contributed by atoms with van der Waals surface area (Å²) < 4.78 is 0. The molecule has 3 nitrogen and oxygen atoms in total. The molecule has 0 spiro atoms. The van der Waals surface area contributed by atoms with Crippen molar-refractivity contribution in [1.29, 1.82) is 0 Å². The number of anilines is 1. The number of nitrogens with one attached hydrogen (secondary N) is 2. The summed E-state index contributed by atoms with van der Waals surface area (Å²) in [5, 5.41) is 6.29. The third-order valence-corrected chi connectivity index (χ3v) is 3.54. The van der Waals surface area contributed by atoms with Gasteiger partial charge >= 0.3 is 0 Å². The summed E-state index contributed by atoms with van der Waals surface area (Å²) >= 11 is 0. The van der Waals surface area contributed by atoms with E-state index < -0.39 is 0 Å². The lowest BCUT2D eigenvalue weighted by Crippen LogP contribution is -2.27. The Morgan fingerprint density at radius 1 is 1.10 bits per heavy atom. The molecular formula is C18H22N2O. The van der Waals surface area contributed by atoms with Gasteiger partial charge in [0, 0.05) is 12.2 Å². The second-order valence-electron chi connectivity index (χ2n) is 5.13. The highest BCUT2D eigenvalue weighted by molar-refractivity contribution is 5.99. The van der Waals surface area contributed by atoms with E-state index in [4.69, 9.17) is 0 Å². The highest BCUT2D eigenvalue weighted by Crippen LogP contribution is 2.19. The fraction of sp³-hybridized carbons (Fsp3) is 0.278. The van der Waals surface area contributed by atoms with Crippen LogP contribution in [0, 0.1) is 6.92 Å². The highest BCUT2D eigenvalue weighted by atomic mass is 16.1. The highest BCUT2D eigenvalue weighted by Gasteiger charge is 2.15. The third kappa shape index (κ3) is 3.63. The number of amides is 1. The van der Waals surface area contributed by atoms with Gasteiger partial charge in [-0.05, 0) is 44.0 Å². The molecule has 0 aromatic heterocycles. The lowest BCUT2D eigenvalue weighted by Gasteiger charge is -2.18. The zero-order chi connectivity index (χ0) is 15.2. The van der Waals surface area contributed by atoms with Crippen LogP contribution in [-0.4, -0.2) is 12.5 Å². The molecule has 0 heterocycles. The van der Waals surface area contributed by atoms with Gasteiger partial charge in [-0.1, -0.05) is 36.4 Å². The smallest absolute Gasteiger partial charge is 0.253 e. The number of para-hydroxylation sites is 1. The molecule has 0 aliphatic carbocycles. The summed E-state index contributed by atoms with van der Waals surface area (Å²) in [6.07, 6.45) is 0. The van der Waals surface area contributed by atoms with Crippen molar-refractivity contribution in [2.45, 2.75) is 26.8 Å². The minimum Gasteiger partial charge on any atom is -0.385 e. The minimum atomic E-state index is -0.0534. The first kappa shape index (κ1) is 15.1. The van der Waals surface area contributed by atoms with E-state index in [1.807, 2.05) is 50.2 Å². The standard InChI is InChI=1S/C18H22N2O/c1-4-19-17-12-8-7-11-16(17)18(21)20-14(3)15-10-6-5-9-13(15)2/h5-12,14,19H,4H2,1-3H3,(H,20,21)/t14-/m1/s1. The van der Waals surface area contributed by atoms with E-state index >= 15 is 0 Å². The number of benzene rings is 2. The molecule has 2 aromatic carbocycles. The van der Waals surface area contributed by atoms with Crippen molar-refractivity contribution in [2.75, 3.05) is 11.9 Å². The summed E-state index contributed by atoms with van der Waals surface area (Å²) in [4.78, 5) is 12.5. The number of aryl methyl sites for hydroxylation is 1. The number of carbonyl (C=O) groups excluding carboxylic acids is 1. The lowest BCUT2D eigenvalue weighted by atomic mass is 10.0. The molecule has 2 aromatic rings. The summed E-state index contributed by atoms with van der Waals surface area (Å²) in [6.45, 7) is 6.88. The zero-order valence-electron chi connectivity index (χ0n) is 12.8. The number of hydrogen-bond donors (Lipinski definition) is 2. The molecule has 0 saturated carbocycles. The average molecular weight is 282 g/mol. The van der Waals surface area contributed by atoms with Gasteiger partial charge in [0.25, 0.3) is 5.91 Å². The van der Waals surface area contributed by atoms with Crippen LogP contribution in [0.1, 0.15) is 41.4 Å². The average Bonchev–Trinajstić information content (AvgIpc) is 2.48. The van der Waals surface area contributed by atoms with Crippen LogP contribution in [0.4, 0.5) is 5.69 Å². The summed E-state index contributed by atoms with van der Waals surface area (Å²) in [5.74, 6) is -0.0534. The molecule has 1 amide bonds. The van der Waals surface area contributed by atoms with Crippen molar-refractivity contribution in [2.24, 2.45) is 0 Å². The van der Waals surface area contributed by atoms with E-state index in [0.29, 0.717) is 5.56 Å². The molecule has 0 bridgehead atoms. The van der Waals surface area contributed by atoms with E-state index in [0.717, 1.165) is 17.8 Å². The molecule has 0 unspecified atom stereocenters. The normalized spacial score (nSPS) is 11.8. The van der Waals surface area contributed by atoms with Gasteiger partial charge in [0.15, 0.2) is 0 Å². The summed E-state index contributed by atoms with van der Waals surface area (Å²) in [5.41, 5.74) is 3.88. The second-order valence-corrected chi connectivity index (χ2v) is 5.13. The van der Waals surface area contributed by atoms with Crippen LogP contribution in [0.5, 0.6) is 0 Å². The molecule has 3 heteroatoms. The fourth-order valence-corrected chi connectivity index (χ4v) is 2.45. The molecule has 21 heavy (non-hydrogen) atoms. The monoisotopic (exact) mass is 282 g/mol. The molecular weight excluding hydrogens is 260 g/mol. The van der Waals surface area contributed by atoms with Gasteiger partial charge in [-0.2, -0.15) is 0 Å². The Labute approximate surface area is 126 Å². The van der Waals surface area contributed by atoms with Gasteiger partial charge in [-0.25, -0.2) is 0 Å². The predicted molar refractivity (Wildman–Crippen MR) is 87.7 cm³/mol. The van der Waals surface area contributed by atoms with Crippen LogP contribution in [0.2, 0.25) is 0 Å². The number of hydrogen-bond acceptors (Lipinski definition) is 2. The third-order valence-electron chi connectivity index (χ3n) is 3.54. The maximum atomic E-state index is 12.5. The largest absolute Gasteiger partial charge is 0.385 e. The van der Waals surface area contributed by atoms with Crippen LogP contribution >= 0.6 is 0 Å². The van der Waals surface area contributed by atoms with Crippen LogP contribution in [0.25, 0.3) is 0 Å². The molecule has 0 aliphatic heterocycles. The Kier molecular flexibility index (Phi) is 4.99. The summed E-state index contributed by atoms with van der Waals surface area (Å²) in [6, 6.07) is 15.7. The predicted octanol–water partition coefficient (Wildman–Crippen LogP) is 3.92. The molecule has 110 valence electrons. The molecule has 0 fully saturated rings. The van der Waals surface area contributed by atoms with Crippen molar-refractivity contribution >= 4 is 11.6 Å². The zero-order valence-corrected chi connectivity index (χ0v) is 12.8. The van der Waals surface area contributed by atoms with Crippen molar-refractivity contribution < 1.29 is 4.79 Å². The SMILES string of the molecule is CCNc1ccccc1C(=O)N[C@H](C)c1ccccc1C. The van der Waals surface area contributed by atoms with E-state index in [-0.39, 0.29) is 11.9 Å². The first-order valence-corrected chi connectivity index (χ1v) is 7.32. The maximum absolute atomic E-state index is 12.5. The van der Waals surface area contributed by atoms with Gasteiger partial charge in [-0.15, -0.1) is 0 Å². The van der Waals surface area contributed by atoms with Crippen LogP contribution < -0.4 is 10.6 Å². The Hall–Kier alpha value is -2.29. The quantitative estimate of drug-likeness (QED) is 0.872. The van der Waals surface area contributed by atoms with Gasteiger partial charge in [0.1, 0.15) is 0 Å². The molecule has 0 saturated heterocycles. The van der Waals surface area contributed by atoms with E-state index in [1.165, 1.54) is 5.56 Å². The molecule has 2 rings (SSSR count). The number of carbonyl (C=O) groups is 1. The van der Waals surface area contributed by atoms with E-state index in [9.17, 15) is 4.79 Å². The fourth-order valence-electron chi connectivity index (χ4n) is 2.45. The Balaban J connectivity index is 2.17. The second kappa shape index (κ2) is 6.93. The Morgan fingerprint density at radius 3 is 2.48 bits per heavy atom. The molecule has 0 aliphatic rings. The topological polar surface area (TPSA) is 41.1 Å². The van der Waals surface area contributed by atoms with E-state index in [1.54, 1.807) is 0 Å². The van der Waals surface area contributed by atoms with Crippen LogP contribution in [0.3, 0.4) is 0 Å². The van der Waals surface area contributed by atoms with E-state index in [2.05, 4.69) is 29.7 Å². The molecule has 0 radical (unpaired) electrons. The maximum Gasteiger partial charge on any atom is 0.253 e. The van der Waals surface area contributed by atoms with Gasteiger partial charge in [0.2, 0.25) is 0 Å². The molecule has 1 atom stereocenters. The minimum absolute atomic E-state index is 0.0200. The Morgan fingerprint density at radius 2 is 1.76 bits per heavy atom. The van der Waals surface area contributed by atoms with Crippen molar-refractivity contribution in [3.05, 3.63) is 65.2 Å². The first-order chi connectivity index (χ1) is 10.1. The van der Waals surface area contributed by atoms with Crippen LogP contribution in [-0.2, 0) is 0 Å². The van der Waals surface area contributed by atoms with Crippen molar-refractivity contribution in [3.63, 3.8) is 0 Å². The van der Waals surface area contributed by atoms with Gasteiger partial charge in [-0.3, -0.25) is 4.79 Å². The van der Waals surface area contributed by atoms with Crippen LogP contribution in [0.15, 0.2) is 48.5 Å². The lowest BCUT2D eigenvalue weighted by molar-refractivity contribution is 0.0940. The Bertz CT molecular complexity index is 622. The van der Waals surface area contributed by atoms with Crippen molar-refractivity contribution in [3.8, 4) is 0 Å². The van der Waals surface area contributed by atoms with Gasteiger partial charge < -0.3 is 10.6 Å².